The van der Waals surface area contributed by atoms with Crippen molar-refractivity contribution in [2.75, 3.05) is 7.11 Å². The molecule has 444 valence electrons. The highest BCUT2D eigenvalue weighted by Gasteiger charge is 2.45. The monoisotopic (exact) mass is 1140 g/mol. The van der Waals surface area contributed by atoms with E-state index in [-0.39, 0.29) is 80.3 Å². The van der Waals surface area contributed by atoms with E-state index in [2.05, 4.69) is 220 Å². The van der Waals surface area contributed by atoms with Crippen LogP contribution >= 0.6 is 0 Å². The smallest absolute Gasteiger partial charge is 0.331 e. The summed E-state index contributed by atoms with van der Waals surface area (Å²) in [5.41, 5.74) is 1.42. The van der Waals surface area contributed by atoms with Crippen LogP contribution in [0.25, 0.3) is 0 Å². The van der Waals surface area contributed by atoms with Crippen molar-refractivity contribution < 1.29 is 37.1 Å². The fourth-order valence-corrected chi connectivity index (χ4v) is 14.3. The zero-order valence-corrected chi connectivity index (χ0v) is 58.8. The minimum atomic E-state index is -2.26. The van der Waals surface area contributed by atoms with E-state index in [9.17, 15) is 9.90 Å². The summed E-state index contributed by atoms with van der Waals surface area (Å²) in [5, 5.41) is 9.68. The molecule has 77 heavy (non-hydrogen) atoms. The lowest BCUT2D eigenvalue weighted by Gasteiger charge is -2.44. The number of rotatable bonds is 32. The normalized spacial score (nSPS) is 18.7. The van der Waals surface area contributed by atoms with Gasteiger partial charge in [0.1, 0.15) is 5.75 Å². The Labute approximate surface area is 479 Å². The standard InChI is InChI=1S/C65H120O8Si4/c1-30-31-33-49(4)60(69-46-54-38-41-55(68-21)42-39-54)53(8)57(71-75(24,25)63(12,13)14)43-36-47(2)44-52(7)59(73-77(28,29)65(18,19)20)50(5)37-40-56(70-74(22,23)62(9,10)11)45-58(72-76(26,27)64(15,16)17)48(3)34-32-35-51(6)61(66)67/h30-35,37-42,47-50,52-53,56-60H,1,36,43-46H2,2-29H3,(H,66,67)/t47-,48-,49-,50-,52+,53-,56+,57+,58-,59-,60-/m0/s1. The molecule has 0 aliphatic heterocycles. The first kappa shape index (κ1) is 72.9. The molecule has 0 aliphatic rings. The van der Waals surface area contributed by atoms with Gasteiger partial charge in [0.2, 0.25) is 0 Å². The van der Waals surface area contributed by atoms with Crippen molar-refractivity contribution in [2.45, 2.75) is 267 Å². The summed E-state index contributed by atoms with van der Waals surface area (Å²) in [6.45, 7) is 66.8. The molecule has 0 bridgehead atoms. The number of benzene rings is 1. The van der Waals surface area contributed by atoms with Crippen LogP contribution in [0.4, 0.5) is 0 Å². The Morgan fingerprint density at radius 2 is 1.04 bits per heavy atom. The first-order chi connectivity index (χ1) is 34.8. The van der Waals surface area contributed by atoms with E-state index in [1.165, 1.54) is 0 Å². The lowest BCUT2D eigenvalue weighted by molar-refractivity contribution is -0.132. The van der Waals surface area contributed by atoms with Gasteiger partial charge >= 0.3 is 5.97 Å². The molecule has 0 saturated carbocycles. The van der Waals surface area contributed by atoms with Gasteiger partial charge in [0, 0.05) is 23.8 Å². The van der Waals surface area contributed by atoms with Crippen molar-refractivity contribution in [3.8, 4) is 5.75 Å². The Morgan fingerprint density at radius 1 is 0.584 bits per heavy atom. The molecule has 11 atom stereocenters. The molecule has 0 radical (unpaired) electrons. The zero-order chi connectivity index (χ0) is 59.9. The van der Waals surface area contributed by atoms with E-state index < -0.39 is 39.2 Å². The van der Waals surface area contributed by atoms with E-state index in [1.807, 2.05) is 30.4 Å². The Hall–Kier alpha value is -2.14. The molecule has 1 N–H and O–H groups in total. The molecule has 1 aromatic rings. The molecule has 8 nitrogen and oxygen atoms in total. The van der Waals surface area contributed by atoms with Gasteiger partial charge in [0.05, 0.1) is 44.2 Å². The second kappa shape index (κ2) is 30.2. The number of carboxylic acid groups (broad SMARTS) is 1. The maximum atomic E-state index is 11.7. The summed E-state index contributed by atoms with van der Waals surface area (Å²) < 4.78 is 42.2. The van der Waals surface area contributed by atoms with Crippen molar-refractivity contribution in [3.63, 3.8) is 0 Å². The summed E-state index contributed by atoms with van der Waals surface area (Å²) in [7, 11) is -7.19. The number of hydrogen-bond donors (Lipinski definition) is 1. The maximum absolute atomic E-state index is 11.7. The summed E-state index contributed by atoms with van der Waals surface area (Å²) in [4.78, 5) is 11.7. The highest BCUT2D eigenvalue weighted by atomic mass is 28.4. The van der Waals surface area contributed by atoms with Crippen LogP contribution in [0.5, 0.6) is 5.75 Å². The third-order valence-electron chi connectivity index (χ3n) is 18.3. The number of methoxy groups -OCH3 is 1. The molecule has 0 fully saturated rings. The van der Waals surface area contributed by atoms with Gasteiger partial charge in [-0.25, -0.2) is 4.79 Å². The van der Waals surface area contributed by atoms with E-state index in [0.29, 0.717) is 24.5 Å². The van der Waals surface area contributed by atoms with Crippen molar-refractivity contribution in [3.05, 3.63) is 90.6 Å². The molecule has 0 unspecified atom stereocenters. The molecule has 0 heterocycles. The largest absolute Gasteiger partial charge is 0.497 e. The lowest BCUT2D eigenvalue weighted by Crippen LogP contribution is -2.48. The average Bonchev–Trinajstić information content (AvgIpc) is 3.28. The van der Waals surface area contributed by atoms with Gasteiger partial charge in [-0.3, -0.25) is 0 Å². The van der Waals surface area contributed by atoms with E-state index in [4.69, 9.17) is 27.2 Å². The first-order valence-electron chi connectivity index (χ1n) is 29.4. The van der Waals surface area contributed by atoms with Crippen molar-refractivity contribution in [1.82, 2.24) is 0 Å². The third-order valence-corrected chi connectivity index (χ3v) is 36.3. The summed E-state index contributed by atoms with van der Waals surface area (Å²) in [6.07, 6.45) is 19.8. The average molecular weight is 1140 g/mol. The maximum Gasteiger partial charge on any atom is 0.331 e. The second-order valence-electron chi connectivity index (χ2n) is 29.3. The minimum Gasteiger partial charge on any atom is -0.497 e. The van der Waals surface area contributed by atoms with Gasteiger partial charge < -0.3 is 32.3 Å². The van der Waals surface area contributed by atoms with E-state index >= 15 is 0 Å². The molecule has 0 aromatic heterocycles. The van der Waals surface area contributed by atoms with Crippen LogP contribution in [0.3, 0.4) is 0 Å². The Morgan fingerprint density at radius 3 is 1.51 bits per heavy atom. The van der Waals surface area contributed by atoms with Gasteiger partial charge in [0.25, 0.3) is 0 Å². The highest BCUT2D eigenvalue weighted by Crippen LogP contribution is 2.44. The van der Waals surface area contributed by atoms with Crippen LogP contribution in [0.2, 0.25) is 72.5 Å². The Bertz CT molecular complexity index is 2040. The van der Waals surface area contributed by atoms with Gasteiger partial charge in [-0.15, -0.1) is 0 Å². The minimum absolute atomic E-state index is 0.0000519. The number of aliphatic carboxylic acids is 1. The van der Waals surface area contributed by atoms with Gasteiger partial charge in [-0.05, 0) is 140 Å². The fraction of sp³-hybridized carbons (Fsp3) is 0.738. The third kappa shape index (κ3) is 23.7. The molecule has 0 spiro atoms. The predicted molar refractivity (Wildman–Crippen MR) is 342 cm³/mol. The van der Waals surface area contributed by atoms with Crippen LogP contribution in [0, 0.1) is 35.5 Å². The second-order valence-corrected chi connectivity index (χ2v) is 48.4. The molecular formula is C65H120O8Si4. The lowest BCUT2D eigenvalue weighted by atomic mass is 9.82. The number of carboxylic acids is 1. The predicted octanol–water partition coefficient (Wildman–Crippen LogP) is 19.4. The molecule has 0 amide bonds. The van der Waals surface area contributed by atoms with Gasteiger partial charge in [0.15, 0.2) is 33.3 Å². The molecule has 1 aromatic carbocycles. The molecular weight excluding hydrogens is 1020 g/mol. The number of allylic oxidation sites excluding steroid dienone is 4. The molecule has 12 heteroatoms. The van der Waals surface area contributed by atoms with Crippen molar-refractivity contribution in [2.24, 2.45) is 35.5 Å². The van der Waals surface area contributed by atoms with Crippen LogP contribution in [0.15, 0.2) is 85.0 Å². The van der Waals surface area contributed by atoms with Crippen molar-refractivity contribution >= 4 is 39.2 Å². The van der Waals surface area contributed by atoms with Crippen LogP contribution in [0.1, 0.15) is 163 Å². The quantitative estimate of drug-likeness (QED) is 0.0330. The van der Waals surface area contributed by atoms with Crippen LogP contribution in [-0.4, -0.2) is 82.0 Å². The zero-order valence-electron chi connectivity index (χ0n) is 54.8. The summed E-state index contributed by atoms with van der Waals surface area (Å²) in [6, 6.07) is 8.18. The molecule has 0 aliphatic carbocycles. The summed E-state index contributed by atoms with van der Waals surface area (Å²) >= 11 is 0. The number of carbonyl (C=O) groups is 1. The van der Waals surface area contributed by atoms with Crippen LogP contribution in [-0.2, 0) is 33.8 Å². The Balaban J connectivity index is 3.85. The number of ether oxygens (including phenoxy) is 2. The van der Waals surface area contributed by atoms with Crippen LogP contribution < -0.4 is 4.74 Å². The van der Waals surface area contributed by atoms with E-state index in [1.54, 1.807) is 20.1 Å². The number of hydrogen-bond acceptors (Lipinski definition) is 7. The Kier molecular flexibility index (Phi) is 28.6. The summed E-state index contributed by atoms with van der Waals surface area (Å²) in [5.74, 6) is 1.03. The van der Waals surface area contributed by atoms with E-state index in [0.717, 1.165) is 30.6 Å². The highest BCUT2D eigenvalue weighted by molar-refractivity contribution is 6.75. The fourth-order valence-electron chi connectivity index (χ4n) is 8.70. The van der Waals surface area contributed by atoms with Gasteiger partial charge in [-0.2, -0.15) is 0 Å². The van der Waals surface area contributed by atoms with Crippen molar-refractivity contribution in [1.29, 1.82) is 0 Å². The first-order valence-corrected chi connectivity index (χ1v) is 41.0. The topological polar surface area (TPSA) is 92.7 Å². The SMILES string of the molecule is C=CC=C[C@H](C)[C@H](OCc1ccc(OC)cc1)[C@@H](C)[C@@H](CC[C@H](C)C[C@@H](C)[C@@H](O[Si](C)(C)C(C)(C)C)[C@@H](C)C=C[C@H](C[C@H](O[Si](C)(C)C(C)(C)C)[C@@H](C)C=CC=C(C)C(=O)O)O[Si](C)(C)C(C)(C)C)O[Si](C)(C)C(C)(C)C. The van der Waals surface area contributed by atoms with Gasteiger partial charge in [-0.1, -0.05) is 192 Å². The molecule has 1 rings (SSSR count). The molecule has 0 saturated heterocycles.